The van der Waals surface area contributed by atoms with Crippen molar-refractivity contribution in [2.75, 3.05) is 7.05 Å². The fourth-order valence-corrected chi connectivity index (χ4v) is 0.662. The van der Waals surface area contributed by atoms with Gasteiger partial charge in [-0.2, -0.15) is 0 Å². The Morgan fingerprint density at radius 3 is 2.33 bits per heavy atom. The number of allylic oxidation sites excluding steroid dienone is 1. The number of hydrogen-bond acceptors (Lipinski definition) is 2. The van der Waals surface area contributed by atoms with Crippen LogP contribution in [-0.4, -0.2) is 29.6 Å². The van der Waals surface area contributed by atoms with Crippen molar-refractivity contribution in [2.24, 2.45) is 0 Å². The van der Waals surface area contributed by atoms with Crippen LogP contribution >= 0.6 is 0 Å². The van der Waals surface area contributed by atoms with E-state index in [1.54, 1.807) is 24.9 Å². The largest absolute Gasteiger partial charge is 0.338 e. The molecule has 1 amide bonds. The summed E-state index contributed by atoms with van der Waals surface area (Å²) in [5.41, 5.74) is 0.0358. The van der Waals surface area contributed by atoms with Crippen molar-refractivity contribution in [3.63, 3.8) is 0 Å². The van der Waals surface area contributed by atoms with Crippen LogP contribution in [0.1, 0.15) is 20.8 Å². The van der Waals surface area contributed by atoms with E-state index in [-0.39, 0.29) is 17.7 Å². The summed E-state index contributed by atoms with van der Waals surface area (Å²) in [7, 11) is 1.70. The second kappa shape index (κ2) is 4.70. The maximum absolute atomic E-state index is 11.3. The van der Waals surface area contributed by atoms with Crippen molar-refractivity contribution in [2.45, 2.75) is 26.8 Å². The zero-order valence-corrected chi connectivity index (χ0v) is 8.09. The average Bonchev–Trinajstić information content (AvgIpc) is 2.02. The maximum Gasteiger partial charge on any atom is 0.271 e. The minimum Gasteiger partial charge on any atom is -0.338 e. The summed E-state index contributed by atoms with van der Waals surface area (Å²) < 4.78 is 0. The molecule has 0 spiro atoms. The molecule has 3 heteroatoms. The molecule has 0 aromatic carbocycles. The summed E-state index contributed by atoms with van der Waals surface area (Å²) in [6.07, 6.45) is 3.19. The summed E-state index contributed by atoms with van der Waals surface area (Å²) >= 11 is 0. The van der Waals surface area contributed by atoms with Crippen molar-refractivity contribution in [3.05, 3.63) is 12.2 Å². The van der Waals surface area contributed by atoms with Crippen molar-refractivity contribution < 1.29 is 4.79 Å². The zero-order valence-electron chi connectivity index (χ0n) is 8.09. The van der Waals surface area contributed by atoms with Gasteiger partial charge in [0.2, 0.25) is 0 Å². The van der Waals surface area contributed by atoms with Crippen LogP contribution in [0, 0.1) is 5.41 Å². The maximum atomic E-state index is 11.3. The molecule has 0 aromatic heterocycles. The van der Waals surface area contributed by atoms with Gasteiger partial charge in [-0.15, -0.1) is 0 Å². The average molecular weight is 168 g/mol. The predicted molar refractivity (Wildman–Crippen MR) is 50.4 cm³/mol. The Hall–Kier alpha value is -1.12. The monoisotopic (exact) mass is 168 g/mol. The van der Waals surface area contributed by atoms with E-state index in [0.29, 0.717) is 0 Å². The predicted octanol–water partition coefficient (Wildman–Crippen LogP) is 1.45. The Kier molecular flexibility index (Phi) is 4.26. The molecule has 0 saturated carbocycles. The van der Waals surface area contributed by atoms with E-state index < -0.39 is 0 Å². The normalized spacial score (nSPS) is 10.8. The first-order valence-electron chi connectivity index (χ1n) is 3.99. The van der Waals surface area contributed by atoms with Crippen molar-refractivity contribution in [1.29, 1.82) is 5.41 Å². The van der Waals surface area contributed by atoms with Gasteiger partial charge < -0.3 is 4.90 Å². The topological polar surface area (TPSA) is 44.2 Å². The summed E-state index contributed by atoms with van der Waals surface area (Å²) in [6.45, 7) is 5.62. The molecule has 0 aliphatic heterocycles. The molecule has 0 unspecified atom stereocenters. The van der Waals surface area contributed by atoms with Gasteiger partial charge in [-0.25, -0.2) is 0 Å². The second-order valence-corrected chi connectivity index (χ2v) is 2.92. The molecule has 68 valence electrons. The lowest BCUT2D eigenvalue weighted by Crippen LogP contribution is -2.37. The Labute approximate surface area is 73.6 Å². The molecule has 1 N–H and O–H groups in total. The fraction of sp³-hybridized carbons (Fsp3) is 0.556. The van der Waals surface area contributed by atoms with Crippen molar-refractivity contribution in [1.82, 2.24) is 4.90 Å². The van der Waals surface area contributed by atoms with Crippen LogP contribution in [0.15, 0.2) is 12.2 Å². The quantitative estimate of drug-likeness (QED) is 0.637. The molecule has 0 atom stereocenters. The van der Waals surface area contributed by atoms with Gasteiger partial charge in [-0.3, -0.25) is 10.2 Å². The molecule has 0 aliphatic carbocycles. The Balaban J connectivity index is 4.29. The standard InChI is InChI=1S/C9H16N2O/c1-5-6-8(10)9(12)11(4)7(2)3/h5-7,10H,1-4H3/b6-5-,10-8?. The molecule has 0 saturated heterocycles. The first-order valence-corrected chi connectivity index (χ1v) is 3.99. The summed E-state index contributed by atoms with van der Waals surface area (Å²) in [4.78, 5) is 12.9. The molecule has 0 aliphatic rings. The van der Waals surface area contributed by atoms with E-state index in [1.807, 2.05) is 13.8 Å². The van der Waals surface area contributed by atoms with Gasteiger partial charge in [0.25, 0.3) is 5.91 Å². The van der Waals surface area contributed by atoms with Crippen LogP contribution in [0.25, 0.3) is 0 Å². The van der Waals surface area contributed by atoms with E-state index in [9.17, 15) is 4.79 Å². The number of nitrogens with zero attached hydrogens (tertiary/aromatic N) is 1. The summed E-state index contributed by atoms with van der Waals surface area (Å²) in [6, 6.07) is 0.142. The third kappa shape index (κ3) is 2.86. The SMILES string of the molecule is C/C=C\C(=N)C(=O)N(C)C(C)C. The molecular formula is C9H16N2O. The van der Waals surface area contributed by atoms with Gasteiger partial charge in [0.05, 0.1) is 0 Å². The molecule has 3 nitrogen and oxygen atoms in total. The van der Waals surface area contributed by atoms with Gasteiger partial charge >= 0.3 is 0 Å². The molecule has 12 heavy (non-hydrogen) atoms. The minimum absolute atomic E-state index is 0.0358. The number of hydrogen-bond donors (Lipinski definition) is 1. The smallest absolute Gasteiger partial charge is 0.271 e. The molecule has 0 heterocycles. The van der Waals surface area contributed by atoms with E-state index in [1.165, 1.54) is 6.08 Å². The van der Waals surface area contributed by atoms with Crippen LogP contribution in [0.3, 0.4) is 0 Å². The highest BCUT2D eigenvalue weighted by Crippen LogP contribution is 1.96. The zero-order chi connectivity index (χ0) is 9.72. The Bertz CT molecular complexity index is 207. The van der Waals surface area contributed by atoms with Crippen LogP contribution in [0.2, 0.25) is 0 Å². The lowest BCUT2D eigenvalue weighted by atomic mass is 10.2. The molecule has 0 aromatic rings. The first-order chi connectivity index (χ1) is 5.50. The minimum atomic E-state index is -0.233. The highest BCUT2D eigenvalue weighted by Gasteiger charge is 2.14. The highest BCUT2D eigenvalue weighted by molar-refractivity contribution is 6.41. The third-order valence-electron chi connectivity index (χ3n) is 1.66. The Morgan fingerprint density at radius 2 is 2.00 bits per heavy atom. The second-order valence-electron chi connectivity index (χ2n) is 2.92. The third-order valence-corrected chi connectivity index (χ3v) is 1.66. The van der Waals surface area contributed by atoms with E-state index in [0.717, 1.165) is 0 Å². The summed E-state index contributed by atoms with van der Waals surface area (Å²) in [5, 5.41) is 7.34. The number of carbonyl (C=O) groups excluding carboxylic acids is 1. The fourth-order valence-electron chi connectivity index (χ4n) is 0.662. The number of rotatable bonds is 3. The number of carbonyl (C=O) groups is 1. The Morgan fingerprint density at radius 1 is 1.50 bits per heavy atom. The highest BCUT2D eigenvalue weighted by atomic mass is 16.2. The van der Waals surface area contributed by atoms with Gasteiger partial charge in [0.15, 0.2) is 0 Å². The van der Waals surface area contributed by atoms with Crippen LogP contribution in [-0.2, 0) is 4.79 Å². The molecular weight excluding hydrogens is 152 g/mol. The van der Waals surface area contributed by atoms with Gasteiger partial charge in [-0.1, -0.05) is 6.08 Å². The van der Waals surface area contributed by atoms with Gasteiger partial charge in [0.1, 0.15) is 5.71 Å². The summed E-state index contributed by atoms with van der Waals surface area (Å²) in [5.74, 6) is -0.233. The molecule has 0 radical (unpaired) electrons. The van der Waals surface area contributed by atoms with E-state index >= 15 is 0 Å². The van der Waals surface area contributed by atoms with Gasteiger partial charge in [0, 0.05) is 13.1 Å². The number of nitrogens with one attached hydrogen (secondary N) is 1. The molecule has 0 fully saturated rings. The van der Waals surface area contributed by atoms with Crippen LogP contribution in [0.4, 0.5) is 0 Å². The lowest BCUT2D eigenvalue weighted by Gasteiger charge is -2.20. The van der Waals surface area contributed by atoms with E-state index in [4.69, 9.17) is 5.41 Å². The first kappa shape index (κ1) is 10.9. The van der Waals surface area contributed by atoms with E-state index in [2.05, 4.69) is 0 Å². The van der Waals surface area contributed by atoms with Crippen molar-refractivity contribution in [3.8, 4) is 0 Å². The van der Waals surface area contributed by atoms with Crippen LogP contribution in [0.5, 0.6) is 0 Å². The van der Waals surface area contributed by atoms with Crippen molar-refractivity contribution >= 4 is 11.6 Å². The van der Waals surface area contributed by atoms with Crippen LogP contribution < -0.4 is 0 Å². The van der Waals surface area contributed by atoms with Gasteiger partial charge in [-0.05, 0) is 26.8 Å². The lowest BCUT2D eigenvalue weighted by molar-refractivity contribution is -0.124. The molecule has 0 rings (SSSR count). The molecule has 0 bridgehead atoms. The number of amides is 1.